The number of sulfonamides is 1. The van der Waals surface area contributed by atoms with Crippen LogP contribution in [0.25, 0.3) is 0 Å². The van der Waals surface area contributed by atoms with E-state index in [1.807, 2.05) is 0 Å². The Kier molecular flexibility index (Phi) is 5.28. The van der Waals surface area contributed by atoms with Crippen LogP contribution in [0.15, 0.2) is 29.2 Å². The highest BCUT2D eigenvalue weighted by Crippen LogP contribution is 2.16. The van der Waals surface area contributed by atoms with E-state index in [0.717, 1.165) is 6.07 Å². The van der Waals surface area contributed by atoms with Gasteiger partial charge in [0.15, 0.2) is 6.17 Å². The summed E-state index contributed by atoms with van der Waals surface area (Å²) in [5.74, 6) is -0.553. The number of rotatable bonds is 7. The zero-order chi connectivity index (χ0) is 17.7. The summed E-state index contributed by atoms with van der Waals surface area (Å²) in [6.07, 6.45) is -0.953. The molecule has 2 rings (SSSR count). The Bertz CT molecular complexity index is 766. The second kappa shape index (κ2) is 7.20. The van der Waals surface area contributed by atoms with Crippen molar-refractivity contribution in [3.05, 3.63) is 34.4 Å². The minimum Gasteiger partial charge on any atom is -0.352 e. The monoisotopic (exact) mass is 358 g/mol. The largest absolute Gasteiger partial charge is 0.352 e. The molecule has 0 bridgehead atoms. The first-order valence-electron chi connectivity index (χ1n) is 6.63. The zero-order valence-electron chi connectivity index (χ0n) is 12.1. The SMILES string of the molecule is O=C1NNC(C(=O)NCCNS(=O)(=O)c2cccc([N+](=O)[O-])c2)N1. The molecule has 1 aromatic carbocycles. The smallest absolute Gasteiger partial charge is 0.330 e. The Labute approximate surface area is 136 Å². The molecular formula is C11H14N6O6S. The van der Waals surface area contributed by atoms with Crippen LogP contribution in [0.2, 0.25) is 0 Å². The van der Waals surface area contributed by atoms with E-state index in [2.05, 4.69) is 26.2 Å². The maximum Gasteiger partial charge on any atom is 0.330 e. The van der Waals surface area contributed by atoms with Gasteiger partial charge in [-0.3, -0.25) is 20.3 Å². The third-order valence-electron chi connectivity index (χ3n) is 2.92. The number of urea groups is 1. The fourth-order valence-electron chi connectivity index (χ4n) is 1.79. The number of nitro groups is 1. The summed E-state index contributed by atoms with van der Waals surface area (Å²) >= 11 is 0. The molecule has 1 unspecified atom stereocenters. The predicted molar refractivity (Wildman–Crippen MR) is 79.9 cm³/mol. The van der Waals surface area contributed by atoms with Crippen LogP contribution in [-0.4, -0.2) is 44.5 Å². The van der Waals surface area contributed by atoms with Gasteiger partial charge in [-0.2, -0.15) is 0 Å². The fourth-order valence-corrected chi connectivity index (χ4v) is 2.86. The van der Waals surface area contributed by atoms with Gasteiger partial charge in [0.05, 0.1) is 9.82 Å². The molecule has 0 aromatic heterocycles. The standard InChI is InChI=1S/C11H14N6O6S/c18-10(9-14-11(19)16-15-9)12-4-5-13-24(22,23)8-3-1-2-7(6-8)17(20)21/h1-3,6,9,13,15H,4-5H2,(H,12,18)(H2,14,16,19). The van der Waals surface area contributed by atoms with Crippen LogP contribution in [0.3, 0.4) is 0 Å². The van der Waals surface area contributed by atoms with Crippen molar-refractivity contribution >= 4 is 27.6 Å². The van der Waals surface area contributed by atoms with Crippen molar-refractivity contribution in [2.45, 2.75) is 11.1 Å². The molecule has 5 N–H and O–H groups in total. The molecule has 1 aliphatic rings. The molecule has 1 atom stereocenters. The van der Waals surface area contributed by atoms with Crippen molar-refractivity contribution in [2.24, 2.45) is 0 Å². The minimum absolute atomic E-state index is 0.0406. The number of nitro benzene ring substituents is 1. The lowest BCUT2D eigenvalue weighted by Crippen LogP contribution is -2.49. The summed E-state index contributed by atoms with van der Waals surface area (Å²) in [5.41, 5.74) is 4.21. The van der Waals surface area contributed by atoms with E-state index >= 15 is 0 Å². The predicted octanol–water partition coefficient (Wildman–Crippen LogP) is -1.87. The summed E-state index contributed by atoms with van der Waals surface area (Å²) in [4.78, 5) is 32.2. The van der Waals surface area contributed by atoms with Gasteiger partial charge in [0, 0.05) is 25.2 Å². The van der Waals surface area contributed by atoms with Crippen LogP contribution >= 0.6 is 0 Å². The van der Waals surface area contributed by atoms with Crippen LogP contribution in [0.1, 0.15) is 0 Å². The lowest BCUT2D eigenvalue weighted by molar-refractivity contribution is -0.385. The molecule has 1 aliphatic heterocycles. The maximum atomic E-state index is 12.0. The van der Waals surface area contributed by atoms with Gasteiger partial charge in [-0.05, 0) is 6.07 Å². The van der Waals surface area contributed by atoms with E-state index in [4.69, 9.17) is 0 Å². The summed E-state index contributed by atoms with van der Waals surface area (Å²) in [7, 11) is -3.95. The van der Waals surface area contributed by atoms with E-state index in [9.17, 15) is 28.1 Å². The average Bonchev–Trinajstić information content (AvgIpc) is 2.98. The Morgan fingerprint density at radius 1 is 1.33 bits per heavy atom. The number of hydrogen-bond donors (Lipinski definition) is 5. The average molecular weight is 358 g/mol. The van der Waals surface area contributed by atoms with Crippen LogP contribution < -0.4 is 26.2 Å². The van der Waals surface area contributed by atoms with Gasteiger partial charge >= 0.3 is 6.03 Å². The third kappa shape index (κ3) is 4.37. The summed E-state index contributed by atoms with van der Waals surface area (Å²) < 4.78 is 26.3. The molecule has 1 fully saturated rings. The normalized spacial score (nSPS) is 17.0. The van der Waals surface area contributed by atoms with E-state index < -0.39 is 33.1 Å². The van der Waals surface area contributed by atoms with Crippen molar-refractivity contribution in [3.8, 4) is 0 Å². The molecule has 0 radical (unpaired) electrons. The molecule has 0 spiro atoms. The number of nitrogens with one attached hydrogen (secondary N) is 5. The number of hydrazine groups is 1. The second-order valence-corrected chi connectivity index (χ2v) is 6.39. The molecule has 12 nitrogen and oxygen atoms in total. The zero-order valence-corrected chi connectivity index (χ0v) is 12.9. The van der Waals surface area contributed by atoms with Gasteiger partial charge in [-0.25, -0.2) is 23.4 Å². The van der Waals surface area contributed by atoms with Gasteiger partial charge in [-0.1, -0.05) is 6.07 Å². The third-order valence-corrected chi connectivity index (χ3v) is 4.38. The van der Waals surface area contributed by atoms with E-state index in [1.165, 1.54) is 18.2 Å². The van der Waals surface area contributed by atoms with Gasteiger partial charge in [0.2, 0.25) is 10.0 Å². The molecule has 1 aromatic rings. The number of non-ortho nitro benzene ring substituents is 1. The number of amides is 3. The first-order valence-corrected chi connectivity index (χ1v) is 8.12. The molecule has 1 heterocycles. The number of nitrogens with zero attached hydrogens (tertiary/aromatic N) is 1. The first-order chi connectivity index (χ1) is 11.3. The lowest BCUT2D eigenvalue weighted by atomic mass is 10.3. The van der Waals surface area contributed by atoms with Gasteiger partial charge < -0.3 is 10.6 Å². The Balaban J connectivity index is 1.85. The molecule has 13 heteroatoms. The number of hydrogen-bond acceptors (Lipinski definition) is 7. The highest BCUT2D eigenvalue weighted by Gasteiger charge is 2.25. The van der Waals surface area contributed by atoms with Crippen molar-refractivity contribution in [1.82, 2.24) is 26.2 Å². The van der Waals surface area contributed by atoms with Crippen molar-refractivity contribution < 1.29 is 22.9 Å². The Hall–Kier alpha value is -2.77. The molecule has 24 heavy (non-hydrogen) atoms. The summed E-state index contributed by atoms with van der Waals surface area (Å²) in [6.45, 7) is -0.175. The van der Waals surface area contributed by atoms with Crippen molar-refractivity contribution in [2.75, 3.05) is 13.1 Å². The number of benzene rings is 1. The maximum absolute atomic E-state index is 12.0. The summed E-state index contributed by atoms with van der Waals surface area (Å²) in [5, 5.41) is 15.4. The minimum atomic E-state index is -3.95. The quantitative estimate of drug-likeness (QED) is 0.216. The lowest BCUT2D eigenvalue weighted by Gasteiger charge is -2.11. The first kappa shape index (κ1) is 17.6. The second-order valence-electron chi connectivity index (χ2n) is 4.62. The molecule has 1 saturated heterocycles. The molecule has 130 valence electrons. The Morgan fingerprint density at radius 3 is 2.71 bits per heavy atom. The molecule has 0 saturated carbocycles. The van der Waals surface area contributed by atoms with Crippen LogP contribution in [0.5, 0.6) is 0 Å². The molecule has 0 aliphatic carbocycles. The van der Waals surface area contributed by atoms with Gasteiger partial charge in [0.1, 0.15) is 0 Å². The topological polar surface area (TPSA) is 172 Å². The number of carbonyl (C=O) groups excluding carboxylic acids is 2. The molecular weight excluding hydrogens is 344 g/mol. The van der Waals surface area contributed by atoms with Crippen molar-refractivity contribution in [1.29, 1.82) is 0 Å². The van der Waals surface area contributed by atoms with Gasteiger partial charge in [0.25, 0.3) is 11.6 Å². The van der Waals surface area contributed by atoms with E-state index in [1.54, 1.807) is 0 Å². The van der Waals surface area contributed by atoms with Crippen molar-refractivity contribution in [3.63, 3.8) is 0 Å². The van der Waals surface area contributed by atoms with E-state index in [0.29, 0.717) is 0 Å². The summed E-state index contributed by atoms with van der Waals surface area (Å²) in [6, 6.07) is 4.04. The Morgan fingerprint density at radius 2 is 2.08 bits per heavy atom. The highest BCUT2D eigenvalue weighted by molar-refractivity contribution is 7.89. The van der Waals surface area contributed by atoms with Crippen LogP contribution in [-0.2, 0) is 14.8 Å². The highest BCUT2D eigenvalue weighted by atomic mass is 32.2. The van der Waals surface area contributed by atoms with Crippen LogP contribution in [0, 0.1) is 10.1 Å². The molecule has 3 amide bonds. The van der Waals surface area contributed by atoms with Gasteiger partial charge in [-0.15, -0.1) is 0 Å². The van der Waals surface area contributed by atoms with E-state index in [-0.39, 0.29) is 23.7 Å². The fraction of sp³-hybridized carbons (Fsp3) is 0.273. The van der Waals surface area contributed by atoms with Crippen LogP contribution in [0.4, 0.5) is 10.5 Å². The number of carbonyl (C=O) groups is 2.